The number of unbranched alkanes of at least 4 members (excludes halogenated alkanes) is 1. The Balaban J connectivity index is 1.59. The molecule has 0 aromatic carbocycles. The summed E-state index contributed by atoms with van der Waals surface area (Å²) in [5, 5.41) is 20.9. The summed E-state index contributed by atoms with van der Waals surface area (Å²) in [7, 11) is 0. The van der Waals surface area contributed by atoms with Crippen LogP contribution in [0.4, 0.5) is 0 Å². The lowest BCUT2D eigenvalue weighted by Crippen LogP contribution is -2.37. The normalized spacial score (nSPS) is 34.0. The van der Waals surface area contributed by atoms with E-state index >= 15 is 0 Å². The predicted octanol–water partition coefficient (Wildman–Crippen LogP) is 6.94. The van der Waals surface area contributed by atoms with Crippen molar-refractivity contribution in [2.75, 3.05) is 0 Å². The molecule has 0 amide bonds. The predicted molar refractivity (Wildman–Crippen MR) is 145 cm³/mol. The first-order valence-corrected chi connectivity index (χ1v) is 14.2. The first kappa shape index (κ1) is 27.9. The van der Waals surface area contributed by atoms with Crippen molar-refractivity contribution in [2.24, 2.45) is 29.1 Å². The van der Waals surface area contributed by atoms with E-state index in [1.54, 1.807) is 0 Å². The minimum atomic E-state index is -0.787. The van der Waals surface area contributed by atoms with Gasteiger partial charge in [0.2, 0.25) is 0 Å². The molecule has 0 spiro atoms. The summed E-state index contributed by atoms with van der Waals surface area (Å²) in [6.45, 7) is 8.72. The van der Waals surface area contributed by atoms with Crippen LogP contribution in [0.25, 0.3) is 0 Å². The number of aliphatic hydroxyl groups excluding tert-OH is 2. The van der Waals surface area contributed by atoms with Crippen LogP contribution < -0.4 is 0 Å². The quantitative estimate of drug-likeness (QED) is 0.249. The number of fused-ring (bicyclic) bond motifs is 1. The maximum absolute atomic E-state index is 12.5. The SMILES string of the molecule is C#CC[C@H](C(=O)CCCC)C(O)/C=C/CC1CCC2C(C/C=C3/CCCC(O)C3=C)CCCC12C. The third-order valence-electron chi connectivity index (χ3n) is 9.56. The molecule has 3 heteroatoms. The molecular formula is C32H48O3. The molecule has 0 bridgehead atoms. The smallest absolute Gasteiger partial charge is 0.139 e. The van der Waals surface area contributed by atoms with Crippen molar-refractivity contribution in [1.29, 1.82) is 0 Å². The van der Waals surface area contributed by atoms with Gasteiger partial charge in [-0.3, -0.25) is 4.79 Å². The van der Waals surface area contributed by atoms with Crippen LogP contribution in [0.3, 0.4) is 0 Å². The van der Waals surface area contributed by atoms with Crippen LogP contribution in [-0.2, 0) is 4.79 Å². The van der Waals surface area contributed by atoms with Crippen LogP contribution in [0.1, 0.15) is 104 Å². The monoisotopic (exact) mass is 480 g/mol. The molecule has 6 unspecified atom stereocenters. The highest BCUT2D eigenvalue weighted by atomic mass is 16.3. The van der Waals surface area contributed by atoms with Gasteiger partial charge in [0, 0.05) is 12.8 Å². The number of carbonyl (C=O) groups excluding carboxylic acids is 1. The topological polar surface area (TPSA) is 57.5 Å². The number of carbonyl (C=O) groups is 1. The summed E-state index contributed by atoms with van der Waals surface area (Å²) in [6, 6.07) is 0. The van der Waals surface area contributed by atoms with E-state index in [1.807, 2.05) is 6.08 Å². The largest absolute Gasteiger partial charge is 0.388 e. The Bertz CT molecular complexity index is 830. The van der Waals surface area contributed by atoms with Gasteiger partial charge in [-0.2, -0.15) is 0 Å². The number of terminal acetylenes is 1. The second-order valence-corrected chi connectivity index (χ2v) is 11.7. The molecule has 3 fully saturated rings. The highest BCUT2D eigenvalue weighted by molar-refractivity contribution is 5.82. The fraction of sp³-hybridized carbons (Fsp3) is 0.719. The van der Waals surface area contributed by atoms with E-state index < -0.39 is 12.0 Å². The van der Waals surface area contributed by atoms with Gasteiger partial charge < -0.3 is 10.2 Å². The van der Waals surface area contributed by atoms with Crippen molar-refractivity contribution in [3.8, 4) is 12.3 Å². The molecule has 0 saturated heterocycles. The zero-order valence-corrected chi connectivity index (χ0v) is 22.2. The van der Waals surface area contributed by atoms with E-state index in [0.29, 0.717) is 30.1 Å². The highest BCUT2D eigenvalue weighted by Crippen LogP contribution is 2.59. The third kappa shape index (κ3) is 6.78. The second-order valence-electron chi connectivity index (χ2n) is 11.7. The maximum atomic E-state index is 12.5. The number of hydrogen-bond donors (Lipinski definition) is 2. The van der Waals surface area contributed by atoms with Gasteiger partial charge in [0.05, 0.1) is 18.1 Å². The van der Waals surface area contributed by atoms with Crippen molar-refractivity contribution in [2.45, 2.75) is 116 Å². The molecule has 2 N–H and O–H groups in total. The van der Waals surface area contributed by atoms with E-state index in [4.69, 9.17) is 6.42 Å². The highest BCUT2D eigenvalue weighted by Gasteiger charge is 2.50. The van der Waals surface area contributed by atoms with Crippen LogP contribution >= 0.6 is 0 Å². The first-order chi connectivity index (χ1) is 16.8. The molecule has 3 saturated carbocycles. The number of allylic oxidation sites excluding steroid dienone is 2. The molecule has 0 aromatic rings. The second kappa shape index (κ2) is 13.1. The van der Waals surface area contributed by atoms with E-state index in [0.717, 1.165) is 56.4 Å². The van der Waals surface area contributed by atoms with Crippen molar-refractivity contribution >= 4 is 5.78 Å². The molecule has 194 valence electrons. The van der Waals surface area contributed by atoms with Gasteiger partial charge in [-0.05, 0) is 98.5 Å². The summed E-state index contributed by atoms with van der Waals surface area (Å²) in [4.78, 5) is 12.5. The molecule has 3 aliphatic carbocycles. The first-order valence-electron chi connectivity index (χ1n) is 14.2. The maximum Gasteiger partial charge on any atom is 0.139 e. The molecule has 3 rings (SSSR count). The van der Waals surface area contributed by atoms with E-state index in [1.165, 1.54) is 37.7 Å². The molecule has 7 atom stereocenters. The van der Waals surface area contributed by atoms with Crippen LogP contribution in [0.2, 0.25) is 0 Å². The van der Waals surface area contributed by atoms with Crippen molar-refractivity contribution < 1.29 is 15.0 Å². The number of hydrogen-bond acceptors (Lipinski definition) is 3. The average Bonchev–Trinajstić information content (AvgIpc) is 3.18. The number of Topliss-reactive ketones (excluding diaryl/α,β-unsaturated/α-hetero) is 1. The van der Waals surface area contributed by atoms with Gasteiger partial charge in [0.1, 0.15) is 5.78 Å². The Morgan fingerprint density at radius 1 is 1.26 bits per heavy atom. The van der Waals surface area contributed by atoms with Gasteiger partial charge >= 0.3 is 0 Å². The van der Waals surface area contributed by atoms with Gasteiger partial charge in [0.25, 0.3) is 0 Å². The lowest BCUT2D eigenvalue weighted by atomic mass is 9.60. The molecule has 0 radical (unpaired) electrons. The van der Waals surface area contributed by atoms with E-state index in [-0.39, 0.29) is 11.9 Å². The Hall–Kier alpha value is -1.63. The van der Waals surface area contributed by atoms with Crippen LogP contribution in [-0.4, -0.2) is 28.2 Å². The van der Waals surface area contributed by atoms with E-state index in [9.17, 15) is 15.0 Å². The Kier molecular flexibility index (Phi) is 10.4. The molecule has 0 heterocycles. The van der Waals surface area contributed by atoms with Crippen molar-refractivity contribution in [3.05, 3.63) is 36.0 Å². The zero-order chi connectivity index (χ0) is 25.4. The molecule has 0 aromatic heterocycles. The standard InChI is InChI=1S/C32H48O3/c1-5-7-15-30(34)27(11-6-2)31(35)17-9-14-26-20-21-28-25(13-10-22-32(26,28)4)19-18-24-12-8-16-29(33)23(24)3/h2,9,17-18,25-29,31,33,35H,3,5,7-8,10-16,19-22H2,1,4H3/b17-9+,24-18-/t25?,26?,27-,28?,29?,31?,32?/m1/s1. The number of rotatable bonds is 11. The summed E-state index contributed by atoms with van der Waals surface area (Å²) in [6.07, 6.45) is 24.8. The Labute approximate surface area is 214 Å². The van der Waals surface area contributed by atoms with E-state index in [2.05, 4.69) is 38.5 Å². The molecule has 3 aliphatic rings. The van der Waals surface area contributed by atoms with Gasteiger partial charge in [-0.25, -0.2) is 0 Å². The minimum Gasteiger partial charge on any atom is -0.388 e. The minimum absolute atomic E-state index is 0.0900. The lowest BCUT2D eigenvalue weighted by molar-refractivity contribution is -0.125. The Morgan fingerprint density at radius 2 is 2.06 bits per heavy atom. The van der Waals surface area contributed by atoms with Gasteiger partial charge in [-0.15, -0.1) is 12.3 Å². The van der Waals surface area contributed by atoms with Crippen LogP contribution in [0, 0.1) is 41.4 Å². The lowest BCUT2D eigenvalue weighted by Gasteiger charge is -2.45. The fourth-order valence-electron chi connectivity index (χ4n) is 7.29. The third-order valence-corrected chi connectivity index (χ3v) is 9.56. The fourth-order valence-corrected chi connectivity index (χ4v) is 7.29. The van der Waals surface area contributed by atoms with Gasteiger partial charge in [-0.1, -0.05) is 51.5 Å². The molecule has 0 aliphatic heterocycles. The zero-order valence-electron chi connectivity index (χ0n) is 22.2. The molecule has 35 heavy (non-hydrogen) atoms. The van der Waals surface area contributed by atoms with Crippen molar-refractivity contribution in [3.63, 3.8) is 0 Å². The number of aliphatic hydroxyl groups is 2. The van der Waals surface area contributed by atoms with Gasteiger partial charge in [0.15, 0.2) is 0 Å². The Morgan fingerprint density at radius 3 is 2.80 bits per heavy atom. The average molecular weight is 481 g/mol. The van der Waals surface area contributed by atoms with Crippen LogP contribution in [0.15, 0.2) is 36.0 Å². The van der Waals surface area contributed by atoms with Crippen LogP contribution in [0.5, 0.6) is 0 Å². The summed E-state index contributed by atoms with van der Waals surface area (Å²) < 4.78 is 0. The summed E-state index contributed by atoms with van der Waals surface area (Å²) in [5.41, 5.74) is 2.58. The summed E-state index contributed by atoms with van der Waals surface area (Å²) >= 11 is 0. The summed E-state index contributed by atoms with van der Waals surface area (Å²) in [5.74, 6) is 4.28. The molecular weight excluding hydrogens is 432 g/mol. The molecule has 3 nitrogen and oxygen atoms in total. The number of ketones is 1. The van der Waals surface area contributed by atoms with Crippen molar-refractivity contribution in [1.82, 2.24) is 0 Å².